The van der Waals surface area contributed by atoms with Crippen LogP contribution in [0.15, 0.2) is 45.9 Å². The number of hydrogen-bond donors (Lipinski definition) is 1. The number of nitrogens with zero attached hydrogens (tertiary/aromatic N) is 1. The molecule has 0 aliphatic heterocycles. The highest BCUT2D eigenvalue weighted by Gasteiger charge is 2.12. The lowest BCUT2D eigenvalue weighted by molar-refractivity contribution is -0.139. The first-order chi connectivity index (χ1) is 11.0. The normalized spacial score (nSPS) is 10.7. The number of methoxy groups -OCH3 is 1. The molecular formula is C16H13BrINO4. The number of carboxylic acid groups (broad SMARTS) is 1. The molecule has 7 heteroatoms. The maximum atomic E-state index is 10.6. The second kappa shape index (κ2) is 8.30. The van der Waals surface area contributed by atoms with E-state index in [-0.39, 0.29) is 0 Å². The zero-order chi connectivity index (χ0) is 16.8. The molecule has 5 nitrogen and oxygen atoms in total. The van der Waals surface area contributed by atoms with Gasteiger partial charge >= 0.3 is 5.97 Å². The number of benzene rings is 2. The Morgan fingerprint density at radius 1 is 1.35 bits per heavy atom. The van der Waals surface area contributed by atoms with Crippen LogP contribution in [0.4, 0.5) is 5.69 Å². The van der Waals surface area contributed by atoms with E-state index < -0.39 is 12.6 Å². The van der Waals surface area contributed by atoms with Gasteiger partial charge in [-0.15, -0.1) is 0 Å². The molecule has 2 rings (SSSR count). The summed E-state index contributed by atoms with van der Waals surface area (Å²) < 4.78 is 12.3. The largest absolute Gasteiger partial charge is 0.493 e. The van der Waals surface area contributed by atoms with Crippen molar-refractivity contribution in [1.82, 2.24) is 0 Å². The van der Waals surface area contributed by atoms with E-state index in [9.17, 15) is 4.79 Å². The first-order valence-electron chi connectivity index (χ1n) is 6.51. The summed E-state index contributed by atoms with van der Waals surface area (Å²) in [6, 6.07) is 11.2. The molecule has 0 atom stereocenters. The van der Waals surface area contributed by atoms with Crippen LogP contribution in [0.1, 0.15) is 5.56 Å². The number of hydrogen-bond acceptors (Lipinski definition) is 4. The summed E-state index contributed by atoms with van der Waals surface area (Å²) in [6.07, 6.45) is 1.72. The molecule has 0 bridgehead atoms. The van der Waals surface area contributed by atoms with Gasteiger partial charge in [-0.05, 0) is 64.6 Å². The predicted octanol–water partition coefficient (Wildman–Crippen LogP) is 4.28. The minimum Gasteiger partial charge on any atom is -0.493 e. The Morgan fingerprint density at radius 3 is 2.65 bits per heavy atom. The molecule has 0 aliphatic rings. The molecule has 0 unspecified atom stereocenters. The molecule has 0 aromatic heterocycles. The molecule has 0 spiro atoms. The maximum Gasteiger partial charge on any atom is 0.341 e. The van der Waals surface area contributed by atoms with Crippen LogP contribution in [0.2, 0.25) is 0 Å². The monoisotopic (exact) mass is 489 g/mol. The second-order valence-corrected chi connectivity index (χ2v) is 6.53. The third-order valence-corrected chi connectivity index (χ3v) is 4.11. The quantitative estimate of drug-likeness (QED) is 0.486. The summed E-state index contributed by atoms with van der Waals surface area (Å²) in [6.45, 7) is -0.418. The Hall–Kier alpha value is -1.61. The van der Waals surface area contributed by atoms with E-state index in [1.807, 2.05) is 30.3 Å². The number of rotatable bonds is 6. The third kappa shape index (κ3) is 5.21. The molecule has 1 N–H and O–H groups in total. The van der Waals surface area contributed by atoms with E-state index in [0.29, 0.717) is 11.5 Å². The third-order valence-electron chi connectivity index (χ3n) is 2.78. The van der Waals surface area contributed by atoms with Crippen LogP contribution in [0.5, 0.6) is 11.5 Å². The van der Waals surface area contributed by atoms with Gasteiger partial charge in [0, 0.05) is 10.7 Å². The van der Waals surface area contributed by atoms with Crippen LogP contribution in [0.3, 0.4) is 0 Å². The molecule has 0 fully saturated rings. The molecular weight excluding hydrogens is 477 g/mol. The van der Waals surface area contributed by atoms with Gasteiger partial charge in [0.1, 0.15) is 0 Å². The number of aliphatic imine (C=N–C) groups is 1. The number of ether oxygens (including phenoxy) is 2. The van der Waals surface area contributed by atoms with Gasteiger partial charge in [0.05, 0.1) is 16.4 Å². The summed E-state index contributed by atoms with van der Waals surface area (Å²) in [5, 5.41) is 8.72. The standard InChI is InChI=1S/C16H13BrINO4/c1-22-14-7-10(6-13(18)16(14)23-9-15(20)21)8-19-12-4-2-11(17)3-5-12/h2-8H,9H2,1H3,(H,20,21). The fraction of sp³-hybridized carbons (Fsp3) is 0.125. The lowest BCUT2D eigenvalue weighted by Crippen LogP contribution is -2.11. The topological polar surface area (TPSA) is 68.1 Å². The van der Waals surface area contributed by atoms with Crippen LogP contribution < -0.4 is 9.47 Å². The molecule has 0 saturated heterocycles. The smallest absolute Gasteiger partial charge is 0.341 e. The van der Waals surface area contributed by atoms with Crippen molar-refractivity contribution in [3.05, 3.63) is 50.0 Å². The van der Waals surface area contributed by atoms with Gasteiger partial charge in [-0.25, -0.2) is 4.79 Å². The van der Waals surface area contributed by atoms with Gasteiger partial charge in [-0.3, -0.25) is 4.99 Å². The van der Waals surface area contributed by atoms with E-state index in [2.05, 4.69) is 43.5 Å². The van der Waals surface area contributed by atoms with Crippen molar-refractivity contribution in [2.24, 2.45) is 4.99 Å². The van der Waals surface area contributed by atoms with Crippen molar-refractivity contribution < 1.29 is 19.4 Å². The number of carboxylic acids is 1. The van der Waals surface area contributed by atoms with Crippen molar-refractivity contribution in [2.75, 3.05) is 13.7 Å². The molecule has 23 heavy (non-hydrogen) atoms. The van der Waals surface area contributed by atoms with Crippen molar-refractivity contribution in [1.29, 1.82) is 0 Å². The van der Waals surface area contributed by atoms with Gasteiger partial charge in [-0.1, -0.05) is 15.9 Å². The van der Waals surface area contributed by atoms with E-state index in [4.69, 9.17) is 14.6 Å². The molecule has 2 aromatic carbocycles. The molecule has 0 saturated carbocycles. The highest BCUT2D eigenvalue weighted by Crippen LogP contribution is 2.33. The summed E-state index contributed by atoms with van der Waals surface area (Å²) in [5.41, 5.74) is 1.66. The van der Waals surface area contributed by atoms with Gasteiger partial charge in [0.25, 0.3) is 0 Å². The zero-order valence-electron chi connectivity index (χ0n) is 12.1. The molecule has 120 valence electrons. The van der Waals surface area contributed by atoms with Crippen molar-refractivity contribution in [3.8, 4) is 11.5 Å². The summed E-state index contributed by atoms with van der Waals surface area (Å²) >= 11 is 5.45. The van der Waals surface area contributed by atoms with Crippen LogP contribution in [0, 0.1) is 3.57 Å². The summed E-state index contributed by atoms with van der Waals surface area (Å²) in [7, 11) is 1.51. The number of carbonyl (C=O) groups is 1. The van der Waals surface area contributed by atoms with Crippen molar-refractivity contribution in [2.45, 2.75) is 0 Å². The molecule has 0 radical (unpaired) electrons. The highest BCUT2D eigenvalue weighted by atomic mass is 127. The van der Waals surface area contributed by atoms with Crippen LogP contribution in [-0.4, -0.2) is 31.0 Å². The summed E-state index contributed by atoms with van der Waals surface area (Å²) in [4.78, 5) is 15.0. The van der Waals surface area contributed by atoms with Crippen LogP contribution in [-0.2, 0) is 4.79 Å². The first-order valence-corrected chi connectivity index (χ1v) is 8.38. The lowest BCUT2D eigenvalue weighted by Gasteiger charge is -2.12. The van der Waals surface area contributed by atoms with E-state index in [1.165, 1.54) is 7.11 Å². The minimum absolute atomic E-state index is 0.413. The van der Waals surface area contributed by atoms with E-state index >= 15 is 0 Å². The Morgan fingerprint density at radius 2 is 2.04 bits per heavy atom. The summed E-state index contributed by atoms with van der Waals surface area (Å²) in [5.74, 6) is -0.157. The number of aliphatic carboxylic acids is 1. The van der Waals surface area contributed by atoms with E-state index in [0.717, 1.165) is 19.3 Å². The van der Waals surface area contributed by atoms with Gasteiger partial charge < -0.3 is 14.6 Å². The molecule has 0 heterocycles. The Labute approximate surface area is 155 Å². The van der Waals surface area contributed by atoms with Gasteiger partial charge in [-0.2, -0.15) is 0 Å². The molecule has 2 aromatic rings. The van der Waals surface area contributed by atoms with E-state index in [1.54, 1.807) is 12.3 Å². The molecule has 0 aliphatic carbocycles. The Balaban J connectivity index is 2.24. The Kier molecular flexibility index (Phi) is 6.40. The lowest BCUT2D eigenvalue weighted by atomic mass is 10.2. The molecule has 0 amide bonds. The van der Waals surface area contributed by atoms with Crippen LogP contribution >= 0.6 is 38.5 Å². The Bertz CT molecular complexity index is 732. The van der Waals surface area contributed by atoms with Crippen LogP contribution in [0.25, 0.3) is 0 Å². The zero-order valence-corrected chi connectivity index (χ0v) is 15.9. The van der Waals surface area contributed by atoms with Crippen molar-refractivity contribution >= 4 is 56.4 Å². The minimum atomic E-state index is -1.04. The average molecular weight is 490 g/mol. The SMILES string of the molecule is COc1cc(C=Nc2ccc(Br)cc2)cc(I)c1OCC(=O)O. The first kappa shape index (κ1) is 17.7. The van der Waals surface area contributed by atoms with Gasteiger partial charge in [0.2, 0.25) is 0 Å². The predicted molar refractivity (Wildman–Crippen MR) is 100 cm³/mol. The highest BCUT2D eigenvalue weighted by molar-refractivity contribution is 14.1. The maximum absolute atomic E-state index is 10.6. The van der Waals surface area contributed by atoms with Gasteiger partial charge in [0.15, 0.2) is 18.1 Å². The van der Waals surface area contributed by atoms with Crippen molar-refractivity contribution in [3.63, 3.8) is 0 Å². The number of halogens is 2. The fourth-order valence-corrected chi connectivity index (χ4v) is 2.81. The average Bonchev–Trinajstić information content (AvgIpc) is 2.52. The second-order valence-electron chi connectivity index (χ2n) is 4.45. The fourth-order valence-electron chi connectivity index (χ4n) is 1.76.